The van der Waals surface area contributed by atoms with E-state index in [4.69, 9.17) is 38.1 Å². The van der Waals surface area contributed by atoms with Crippen LogP contribution in [0.2, 0.25) is 0 Å². The molecule has 20 aromatic rings. The summed E-state index contributed by atoms with van der Waals surface area (Å²) in [6.07, 6.45) is 3.78. The van der Waals surface area contributed by atoms with Gasteiger partial charge < -0.3 is 18.1 Å². The molecule has 21 rings (SSSR count). The van der Waals surface area contributed by atoms with E-state index in [1.807, 2.05) is 48.8 Å². The lowest BCUT2D eigenvalue weighted by molar-refractivity contribution is 0.00578. The number of furan rings is 2. The summed E-state index contributed by atoms with van der Waals surface area (Å²) in [6, 6.07) is 106. The minimum Gasteiger partial charge on any atom is -0.455 e. The van der Waals surface area contributed by atoms with Crippen molar-refractivity contribution in [2.24, 2.45) is 0 Å². The van der Waals surface area contributed by atoms with Crippen LogP contribution in [0.15, 0.2) is 329 Å². The van der Waals surface area contributed by atoms with Crippen molar-refractivity contribution in [1.82, 2.24) is 19.9 Å². The van der Waals surface area contributed by atoms with E-state index < -0.39 is 7.12 Å². The Balaban J connectivity index is 0.000000114. The Hall–Kier alpha value is -12.2. The smallest absolute Gasteiger partial charge is 0.455 e. The van der Waals surface area contributed by atoms with Gasteiger partial charge in [0.25, 0.3) is 0 Å². The molecule has 104 heavy (non-hydrogen) atoms. The molecule has 0 aliphatic carbocycles. The van der Waals surface area contributed by atoms with Crippen LogP contribution in [0.25, 0.3) is 186 Å². The first-order valence-corrected chi connectivity index (χ1v) is 36.0. The van der Waals surface area contributed by atoms with Crippen molar-refractivity contribution in [2.75, 3.05) is 0 Å². The molecule has 0 spiro atoms. The minimum absolute atomic E-state index is 0.379. The highest BCUT2D eigenvalue weighted by Gasteiger charge is 2.51. The lowest BCUT2D eigenvalue weighted by Crippen LogP contribution is -2.41. The highest BCUT2D eigenvalue weighted by Crippen LogP contribution is 2.45. The number of halogens is 1. The maximum absolute atomic E-state index is 6.55. The van der Waals surface area contributed by atoms with Crippen LogP contribution in [0.3, 0.4) is 0 Å². The summed E-state index contributed by atoms with van der Waals surface area (Å²) in [6.45, 7) is 8.28. The Bertz CT molecular complexity index is 6790. The van der Waals surface area contributed by atoms with Crippen LogP contribution in [-0.2, 0) is 9.31 Å². The summed E-state index contributed by atoms with van der Waals surface area (Å²) in [4.78, 5) is 20.2. The first kappa shape index (κ1) is 62.8. The Morgan fingerprint density at radius 1 is 0.298 bits per heavy atom. The van der Waals surface area contributed by atoms with Gasteiger partial charge in [0.1, 0.15) is 22.3 Å². The number of aromatic nitrogens is 4. The molecule has 1 saturated heterocycles. The summed E-state index contributed by atoms with van der Waals surface area (Å²) in [7, 11) is -0.409. The van der Waals surface area contributed by atoms with E-state index in [1.54, 1.807) is 0 Å². The molecule has 0 saturated carbocycles. The quantitative estimate of drug-likeness (QED) is 0.120. The molecule has 0 radical (unpaired) electrons. The van der Waals surface area contributed by atoms with Gasteiger partial charge in [-0.05, 0) is 147 Å². The standard InChI is InChI=1S/C44H26N2O.C28H25BN2O2.C22H13BrO/c1-2-16-32-30(11-1)25-38(44-41(32)37-21-7-8-22-40(37)47-44)29-14-9-12-27(23-29)28-13-10-15-31(24-28)39-26-45-42-35-19-5-3-17-33(35)34-18-4-6-20-36(34)43(42)46-39;1-27(2)28(3,4)33-29(32-27)19-11-9-10-18(16-19)24-17-30-25-22-14-7-5-12-20(22)21-13-6-8-15-23(21)26(25)31-24;23-16-8-5-7-14(12-16)19-13-15-6-1-2-9-17(15)21-18-10-3-4-11-20(18)24-22(19)21/h1-26H;5-17H,1-4H3;1-13H. The summed E-state index contributed by atoms with van der Waals surface area (Å²) >= 11 is 3.58. The topological polar surface area (TPSA) is 96.3 Å². The van der Waals surface area contributed by atoms with Crippen molar-refractivity contribution in [3.05, 3.63) is 320 Å². The van der Waals surface area contributed by atoms with E-state index in [0.717, 1.165) is 143 Å². The molecule has 0 unspecified atom stereocenters. The molecule has 0 bridgehead atoms. The van der Waals surface area contributed by atoms with Crippen LogP contribution in [0, 0.1) is 0 Å². The summed E-state index contributed by atoms with van der Waals surface area (Å²) < 4.78 is 26.4. The number of hydrogen-bond acceptors (Lipinski definition) is 8. The maximum atomic E-state index is 6.55. The van der Waals surface area contributed by atoms with E-state index in [9.17, 15) is 0 Å². The second kappa shape index (κ2) is 25.1. The lowest BCUT2D eigenvalue weighted by Gasteiger charge is -2.32. The number of para-hydroxylation sites is 2. The largest absolute Gasteiger partial charge is 0.494 e. The van der Waals surface area contributed by atoms with Crippen LogP contribution < -0.4 is 5.46 Å². The molecular formula is C94H64BBrN4O4. The van der Waals surface area contributed by atoms with Crippen molar-refractivity contribution < 1.29 is 18.1 Å². The first-order chi connectivity index (χ1) is 50.9. The zero-order chi connectivity index (χ0) is 69.8. The normalized spacial score (nSPS) is 13.5. The van der Waals surface area contributed by atoms with Gasteiger partial charge in [0.15, 0.2) is 0 Å². The minimum atomic E-state index is -0.409. The van der Waals surface area contributed by atoms with Gasteiger partial charge in [0, 0.05) is 69.8 Å². The fourth-order valence-corrected chi connectivity index (χ4v) is 15.7. The van der Waals surface area contributed by atoms with Gasteiger partial charge in [0.2, 0.25) is 0 Å². The third-order valence-electron chi connectivity index (χ3n) is 21.1. The van der Waals surface area contributed by atoms with Crippen LogP contribution in [0.5, 0.6) is 0 Å². The molecule has 0 N–H and O–H groups in total. The number of fused-ring (bicyclic) bond motifs is 22. The highest BCUT2D eigenvalue weighted by molar-refractivity contribution is 9.10. The molecular weight excluding hydrogens is 1340 g/mol. The Morgan fingerprint density at radius 2 is 0.644 bits per heavy atom. The lowest BCUT2D eigenvalue weighted by atomic mass is 9.78. The van der Waals surface area contributed by atoms with E-state index in [1.165, 1.54) is 53.9 Å². The van der Waals surface area contributed by atoms with Crippen LogP contribution in [-0.4, -0.2) is 38.3 Å². The van der Waals surface area contributed by atoms with Gasteiger partial charge in [-0.2, -0.15) is 0 Å². The molecule has 0 amide bonds. The monoisotopic (exact) mass is 1400 g/mol. The highest BCUT2D eigenvalue weighted by atomic mass is 79.9. The van der Waals surface area contributed by atoms with E-state index in [2.05, 4.69) is 311 Å². The molecule has 494 valence electrons. The Kier molecular flexibility index (Phi) is 15.2. The number of rotatable bonds is 6. The molecule has 1 aliphatic heterocycles. The molecule has 4 aromatic heterocycles. The van der Waals surface area contributed by atoms with Crippen LogP contribution >= 0.6 is 15.9 Å². The Labute approximate surface area is 608 Å². The van der Waals surface area contributed by atoms with Crippen LogP contribution in [0.1, 0.15) is 27.7 Å². The number of nitrogens with zero attached hydrogens (tertiary/aromatic N) is 4. The molecule has 8 nitrogen and oxygen atoms in total. The molecule has 16 aromatic carbocycles. The zero-order valence-corrected chi connectivity index (χ0v) is 59.0. The van der Waals surface area contributed by atoms with Crippen molar-refractivity contribution in [2.45, 2.75) is 38.9 Å². The second-order valence-corrected chi connectivity index (χ2v) is 28.8. The van der Waals surface area contributed by atoms with Gasteiger partial charge in [-0.1, -0.05) is 271 Å². The van der Waals surface area contributed by atoms with E-state index in [-0.39, 0.29) is 11.2 Å². The Morgan fingerprint density at radius 3 is 1.11 bits per heavy atom. The van der Waals surface area contributed by atoms with Crippen molar-refractivity contribution >= 4 is 159 Å². The molecule has 0 atom stereocenters. The van der Waals surface area contributed by atoms with Gasteiger partial charge in [-0.15, -0.1) is 0 Å². The fourth-order valence-electron chi connectivity index (χ4n) is 15.3. The van der Waals surface area contributed by atoms with Crippen molar-refractivity contribution in [3.63, 3.8) is 0 Å². The summed E-state index contributed by atoms with van der Waals surface area (Å²) in [5.74, 6) is 0. The SMILES string of the molecule is Brc1cccc(-c2cc3ccccc3c3c2oc2ccccc23)c1.CC1(C)OB(c2cccc(-c3cnc4c5ccccc5c5ccccc5c4n3)c2)OC1(C)C.c1cc(-c2cccc(-c3cc4ccccc4c4c3oc3ccccc34)c2)cc(-c2cnc3c4ccccc4c4ccccc4c3n2)c1. The van der Waals surface area contributed by atoms with E-state index in [0.29, 0.717) is 0 Å². The average Bonchev–Trinajstić information content (AvgIpc) is 0.889. The average molecular weight is 1400 g/mol. The number of hydrogen-bond donors (Lipinski definition) is 0. The predicted octanol–water partition coefficient (Wildman–Crippen LogP) is 25.1. The van der Waals surface area contributed by atoms with Crippen molar-refractivity contribution in [3.8, 4) is 55.9 Å². The van der Waals surface area contributed by atoms with Gasteiger partial charge in [-0.25, -0.2) is 9.97 Å². The fraction of sp³-hybridized carbons (Fsp3) is 0.0638. The molecule has 1 aliphatic rings. The molecule has 10 heteroatoms. The van der Waals surface area contributed by atoms with Crippen LogP contribution in [0.4, 0.5) is 0 Å². The third kappa shape index (κ3) is 10.7. The maximum Gasteiger partial charge on any atom is 0.494 e. The second-order valence-electron chi connectivity index (χ2n) is 27.9. The predicted molar refractivity (Wildman–Crippen MR) is 436 cm³/mol. The molecule has 1 fully saturated rings. The summed E-state index contributed by atoms with van der Waals surface area (Å²) in [5.41, 5.74) is 18.1. The first-order valence-electron chi connectivity index (χ1n) is 35.2. The number of benzene rings is 16. The van der Waals surface area contributed by atoms with Crippen molar-refractivity contribution in [1.29, 1.82) is 0 Å². The zero-order valence-electron chi connectivity index (χ0n) is 57.4. The van der Waals surface area contributed by atoms with Gasteiger partial charge in [-0.3, -0.25) is 9.97 Å². The van der Waals surface area contributed by atoms with Gasteiger partial charge >= 0.3 is 7.12 Å². The molecule has 5 heterocycles. The third-order valence-corrected chi connectivity index (χ3v) is 21.6. The van der Waals surface area contributed by atoms with Gasteiger partial charge in [0.05, 0.1) is 57.1 Å². The van der Waals surface area contributed by atoms with E-state index >= 15 is 0 Å². The summed E-state index contributed by atoms with van der Waals surface area (Å²) in [5, 5.41) is 18.8.